The summed E-state index contributed by atoms with van der Waals surface area (Å²) in [6.07, 6.45) is 5.12. The second-order valence-corrected chi connectivity index (χ2v) is 4.21. The number of nitrogens with zero attached hydrogens (tertiary/aromatic N) is 1. The van der Waals surface area contributed by atoms with Crippen LogP contribution >= 0.6 is 0 Å². The molecule has 2 aromatic rings. The van der Waals surface area contributed by atoms with E-state index in [4.69, 9.17) is 0 Å². The number of aliphatic hydroxyl groups excluding tert-OH is 1. The zero-order chi connectivity index (χ0) is 13.8. The third-order valence-electron chi connectivity index (χ3n) is 2.86. The van der Waals surface area contributed by atoms with Gasteiger partial charge in [-0.05, 0) is 24.6 Å². The van der Waals surface area contributed by atoms with Gasteiger partial charge in [0.15, 0.2) is 0 Å². The lowest BCUT2D eigenvalue weighted by Crippen LogP contribution is -1.94. The summed E-state index contributed by atoms with van der Waals surface area (Å²) >= 11 is 0. The zero-order valence-corrected chi connectivity index (χ0v) is 10.5. The quantitative estimate of drug-likeness (QED) is 0.789. The Morgan fingerprint density at radius 1 is 1.21 bits per heavy atom. The fourth-order valence-electron chi connectivity index (χ4n) is 1.78. The Bertz CT molecular complexity index is 621. The molecule has 0 spiro atoms. The van der Waals surface area contributed by atoms with Crippen LogP contribution in [0.3, 0.4) is 0 Å². The predicted octanol–water partition coefficient (Wildman–Crippen LogP) is 2.46. The zero-order valence-electron chi connectivity index (χ0n) is 10.5. The monoisotopic (exact) mass is 257 g/mol. The number of phenols is 1. The number of phenolic OH excluding ortho intramolecular Hbond substituents is 1. The van der Waals surface area contributed by atoms with Crippen molar-refractivity contribution in [2.24, 2.45) is 0 Å². The van der Waals surface area contributed by atoms with E-state index in [1.54, 1.807) is 43.5 Å². The molecule has 0 aliphatic carbocycles. The normalized spacial score (nSPS) is 11.1. The van der Waals surface area contributed by atoms with E-state index in [-0.39, 0.29) is 18.1 Å². The van der Waals surface area contributed by atoms with Crippen molar-refractivity contribution >= 4 is 12.2 Å². The van der Waals surface area contributed by atoms with Crippen LogP contribution in [-0.2, 0) is 6.61 Å². The minimum absolute atomic E-state index is 0.0144. The summed E-state index contributed by atoms with van der Waals surface area (Å²) in [4.78, 5) is 4.06. The number of aromatic hydroxyl groups is 2. The average Bonchev–Trinajstić information content (AvgIpc) is 2.40. The third kappa shape index (κ3) is 2.92. The highest BCUT2D eigenvalue weighted by Crippen LogP contribution is 2.25. The molecule has 4 nitrogen and oxygen atoms in total. The molecule has 0 amide bonds. The molecule has 1 aromatic heterocycles. The molecular weight excluding hydrogens is 242 g/mol. The maximum Gasteiger partial charge on any atom is 0.142 e. The average molecular weight is 257 g/mol. The fraction of sp³-hybridized carbons (Fsp3) is 0.133. The molecular formula is C15H15NO3. The number of pyridine rings is 1. The molecule has 0 unspecified atom stereocenters. The summed E-state index contributed by atoms with van der Waals surface area (Å²) in [6.45, 7) is 1.42. The molecule has 2 rings (SSSR count). The lowest BCUT2D eigenvalue weighted by atomic mass is 10.1. The number of hydrogen-bond acceptors (Lipinski definition) is 4. The van der Waals surface area contributed by atoms with Crippen LogP contribution in [0.15, 0.2) is 30.5 Å². The standard InChI is InChI=1S/C15H15NO3/c1-10-15(19)14(9-17)12(8-16-10)6-5-11-3-2-4-13(18)7-11/h2-8,17-19H,9H2,1H3/b6-5+. The first-order valence-electron chi connectivity index (χ1n) is 5.87. The Hall–Kier alpha value is -2.33. The van der Waals surface area contributed by atoms with Gasteiger partial charge in [0.25, 0.3) is 0 Å². The highest BCUT2D eigenvalue weighted by Gasteiger charge is 2.08. The van der Waals surface area contributed by atoms with Crippen LogP contribution in [0.2, 0.25) is 0 Å². The van der Waals surface area contributed by atoms with E-state index in [0.29, 0.717) is 16.8 Å². The highest BCUT2D eigenvalue weighted by molar-refractivity contribution is 5.72. The largest absolute Gasteiger partial charge is 0.508 e. The third-order valence-corrected chi connectivity index (χ3v) is 2.86. The van der Waals surface area contributed by atoms with Crippen LogP contribution in [0, 0.1) is 6.92 Å². The van der Waals surface area contributed by atoms with Crippen molar-refractivity contribution in [1.29, 1.82) is 0 Å². The Kier molecular flexibility index (Phi) is 3.82. The van der Waals surface area contributed by atoms with Crippen molar-refractivity contribution in [3.63, 3.8) is 0 Å². The number of aliphatic hydroxyl groups is 1. The summed E-state index contributed by atoms with van der Waals surface area (Å²) in [5.74, 6) is 0.204. The summed E-state index contributed by atoms with van der Waals surface area (Å²) in [5, 5.41) is 28.5. The Morgan fingerprint density at radius 3 is 2.68 bits per heavy atom. The number of hydrogen-bond donors (Lipinski definition) is 3. The molecule has 3 N–H and O–H groups in total. The summed E-state index contributed by atoms with van der Waals surface area (Å²) < 4.78 is 0. The van der Waals surface area contributed by atoms with Crippen LogP contribution in [0.5, 0.6) is 11.5 Å². The summed E-state index contributed by atoms with van der Waals surface area (Å²) in [5.41, 5.74) is 2.40. The molecule has 0 saturated carbocycles. The van der Waals surface area contributed by atoms with E-state index in [2.05, 4.69) is 4.98 Å². The van der Waals surface area contributed by atoms with Gasteiger partial charge in [-0.15, -0.1) is 0 Å². The van der Waals surface area contributed by atoms with Crippen molar-refractivity contribution in [2.75, 3.05) is 0 Å². The second kappa shape index (κ2) is 5.54. The maximum absolute atomic E-state index is 9.82. The number of rotatable bonds is 3. The van der Waals surface area contributed by atoms with Crippen molar-refractivity contribution in [1.82, 2.24) is 4.98 Å². The Morgan fingerprint density at radius 2 is 2.00 bits per heavy atom. The first kappa shape index (κ1) is 13.1. The first-order chi connectivity index (χ1) is 9.11. The highest BCUT2D eigenvalue weighted by atomic mass is 16.3. The molecule has 1 heterocycles. The summed E-state index contributed by atoms with van der Waals surface area (Å²) in [6, 6.07) is 6.80. The summed E-state index contributed by atoms with van der Waals surface area (Å²) in [7, 11) is 0. The van der Waals surface area contributed by atoms with Crippen LogP contribution in [0.4, 0.5) is 0 Å². The Labute approximate surface area is 111 Å². The van der Waals surface area contributed by atoms with Gasteiger partial charge >= 0.3 is 0 Å². The fourth-order valence-corrected chi connectivity index (χ4v) is 1.78. The molecule has 98 valence electrons. The van der Waals surface area contributed by atoms with E-state index in [0.717, 1.165) is 5.56 Å². The van der Waals surface area contributed by atoms with E-state index < -0.39 is 0 Å². The van der Waals surface area contributed by atoms with Crippen LogP contribution in [0.1, 0.15) is 22.4 Å². The molecule has 0 aliphatic rings. The van der Waals surface area contributed by atoms with Crippen LogP contribution in [-0.4, -0.2) is 20.3 Å². The van der Waals surface area contributed by atoms with Gasteiger partial charge in [0.1, 0.15) is 11.5 Å². The molecule has 0 fully saturated rings. The van der Waals surface area contributed by atoms with Gasteiger partial charge in [0.2, 0.25) is 0 Å². The van der Waals surface area contributed by atoms with E-state index in [9.17, 15) is 15.3 Å². The lowest BCUT2D eigenvalue weighted by Gasteiger charge is -2.07. The number of aromatic nitrogens is 1. The lowest BCUT2D eigenvalue weighted by molar-refractivity contribution is 0.274. The van der Waals surface area contributed by atoms with Crippen LogP contribution in [0.25, 0.3) is 12.2 Å². The van der Waals surface area contributed by atoms with Crippen LogP contribution < -0.4 is 0 Å². The number of aryl methyl sites for hydroxylation is 1. The molecule has 0 bridgehead atoms. The maximum atomic E-state index is 9.82. The van der Waals surface area contributed by atoms with Gasteiger partial charge in [-0.2, -0.15) is 0 Å². The van der Waals surface area contributed by atoms with Gasteiger partial charge < -0.3 is 15.3 Å². The van der Waals surface area contributed by atoms with E-state index >= 15 is 0 Å². The van der Waals surface area contributed by atoms with Crippen molar-refractivity contribution in [3.05, 3.63) is 52.8 Å². The van der Waals surface area contributed by atoms with Crippen molar-refractivity contribution in [3.8, 4) is 11.5 Å². The molecule has 0 atom stereocenters. The Balaban J connectivity index is 2.36. The van der Waals surface area contributed by atoms with Gasteiger partial charge in [0.05, 0.1) is 12.3 Å². The predicted molar refractivity (Wildman–Crippen MR) is 73.6 cm³/mol. The minimum atomic E-state index is -0.255. The van der Waals surface area contributed by atoms with E-state index in [1.165, 1.54) is 0 Å². The van der Waals surface area contributed by atoms with Crippen molar-refractivity contribution in [2.45, 2.75) is 13.5 Å². The molecule has 1 aromatic carbocycles. The molecule has 0 radical (unpaired) electrons. The molecule has 0 aliphatic heterocycles. The van der Waals surface area contributed by atoms with Gasteiger partial charge in [-0.1, -0.05) is 24.3 Å². The molecule has 4 heteroatoms. The second-order valence-electron chi connectivity index (χ2n) is 4.21. The van der Waals surface area contributed by atoms with Gasteiger partial charge in [-0.25, -0.2) is 0 Å². The molecule has 19 heavy (non-hydrogen) atoms. The SMILES string of the molecule is Cc1ncc(/C=C/c2cccc(O)c2)c(CO)c1O. The van der Waals surface area contributed by atoms with Gasteiger partial charge in [0, 0.05) is 17.3 Å². The minimum Gasteiger partial charge on any atom is -0.508 e. The van der Waals surface area contributed by atoms with Crippen molar-refractivity contribution < 1.29 is 15.3 Å². The molecule has 0 saturated heterocycles. The number of benzene rings is 1. The van der Waals surface area contributed by atoms with Gasteiger partial charge in [-0.3, -0.25) is 4.98 Å². The topological polar surface area (TPSA) is 73.6 Å². The smallest absolute Gasteiger partial charge is 0.142 e. The van der Waals surface area contributed by atoms with E-state index in [1.807, 2.05) is 6.07 Å². The first-order valence-corrected chi connectivity index (χ1v) is 5.87.